The number of carbonyl (C=O) groups is 1. The summed E-state index contributed by atoms with van der Waals surface area (Å²) in [5, 5.41) is 7.90. The van der Waals surface area contributed by atoms with Crippen LogP contribution in [0.4, 0.5) is 57.1 Å². The maximum absolute atomic E-state index is 13.5. The van der Waals surface area contributed by atoms with Crippen molar-refractivity contribution in [1.29, 1.82) is 0 Å². The largest absolute Gasteiger partial charge is 0.477 e. The van der Waals surface area contributed by atoms with Gasteiger partial charge in [0.05, 0.1) is 0 Å². The summed E-state index contributed by atoms with van der Waals surface area (Å²) in [4.78, 5) is 10.1. The molecule has 0 aromatic heterocycles. The van der Waals surface area contributed by atoms with Crippen molar-refractivity contribution in [3.63, 3.8) is 0 Å². The van der Waals surface area contributed by atoms with Crippen molar-refractivity contribution in [1.82, 2.24) is 0 Å². The van der Waals surface area contributed by atoms with E-state index >= 15 is 0 Å². The van der Waals surface area contributed by atoms with E-state index in [9.17, 15) is 61.9 Å². The third-order valence-corrected chi connectivity index (χ3v) is 2.23. The highest BCUT2D eigenvalue weighted by Gasteiger charge is 2.81. The predicted molar refractivity (Wildman–Crippen MR) is 49.7 cm³/mol. The first-order chi connectivity index (χ1) is 11.1. The molecule has 0 aliphatic carbocycles. The van der Waals surface area contributed by atoms with Gasteiger partial charge in [0.2, 0.25) is 0 Å². The summed E-state index contributed by atoms with van der Waals surface area (Å²) in [5.74, 6) is -21.4. The number of halogens is 13. The number of alkyl halides is 12. The Morgan fingerprint density at radius 1 is 0.769 bits per heavy atom. The van der Waals surface area contributed by atoms with Gasteiger partial charge >= 0.3 is 42.2 Å². The molecule has 0 fully saturated rings. The first-order valence-electron chi connectivity index (χ1n) is 5.30. The number of rotatable bonds is 7. The van der Waals surface area contributed by atoms with E-state index in [1.54, 1.807) is 11.3 Å². The molecule has 0 spiro atoms. The Bertz CT molecular complexity index is 567. The van der Waals surface area contributed by atoms with Gasteiger partial charge in [0.1, 0.15) is 0 Å². The predicted octanol–water partition coefficient (Wildman–Crippen LogP) is 4.23. The second-order valence-electron chi connectivity index (χ2n) is 4.13. The Hall–Kier alpha value is -1.78. The number of hydrogen-bond donors (Lipinski definition) is 1. The van der Waals surface area contributed by atoms with Crippen LogP contribution in [-0.2, 0) is 14.3 Å². The van der Waals surface area contributed by atoms with Crippen LogP contribution in [0.25, 0.3) is 0 Å². The van der Waals surface area contributed by atoms with E-state index < -0.39 is 48.1 Å². The van der Waals surface area contributed by atoms with Crippen molar-refractivity contribution in [2.75, 3.05) is 0 Å². The van der Waals surface area contributed by atoms with Crippen LogP contribution in [0.15, 0.2) is 12.4 Å². The highest BCUT2D eigenvalue weighted by atomic mass is 19.4. The molecule has 0 radical (unpaired) electrons. The monoisotopic (exact) mass is 422 g/mol. The Labute approximate surface area is 132 Å². The van der Waals surface area contributed by atoms with Crippen molar-refractivity contribution in [2.45, 2.75) is 36.3 Å². The lowest BCUT2D eigenvalue weighted by Gasteiger charge is -2.37. The third kappa shape index (κ3) is 4.13. The van der Waals surface area contributed by atoms with Crippen molar-refractivity contribution >= 4 is 5.97 Å². The SMILES string of the molecule is C=C(F)C(F)(F)OC(F)(C(F)(F)F)C(F)(F)OC(F)(C(=O)O)C(F)(F)F. The summed E-state index contributed by atoms with van der Waals surface area (Å²) in [6, 6.07) is 0. The summed E-state index contributed by atoms with van der Waals surface area (Å²) in [5.41, 5.74) is 0. The highest BCUT2D eigenvalue weighted by molar-refractivity contribution is 5.76. The molecular formula is C9H3F13O4. The molecule has 0 aliphatic heterocycles. The number of hydrogen-bond acceptors (Lipinski definition) is 3. The van der Waals surface area contributed by atoms with Crippen LogP contribution in [0.5, 0.6) is 0 Å². The van der Waals surface area contributed by atoms with Gasteiger partial charge in [0.15, 0.2) is 5.83 Å². The molecule has 2 unspecified atom stereocenters. The third-order valence-electron chi connectivity index (χ3n) is 2.23. The summed E-state index contributed by atoms with van der Waals surface area (Å²) in [7, 11) is 0. The molecule has 0 amide bonds. The second-order valence-corrected chi connectivity index (χ2v) is 4.13. The van der Waals surface area contributed by atoms with Crippen molar-refractivity contribution in [3.05, 3.63) is 12.4 Å². The lowest BCUT2D eigenvalue weighted by atomic mass is 10.2. The Morgan fingerprint density at radius 3 is 1.38 bits per heavy atom. The van der Waals surface area contributed by atoms with E-state index in [1.165, 1.54) is 0 Å². The van der Waals surface area contributed by atoms with Crippen LogP contribution in [0.1, 0.15) is 0 Å². The van der Waals surface area contributed by atoms with Crippen LogP contribution in [0.2, 0.25) is 0 Å². The molecule has 0 heterocycles. The smallest absolute Gasteiger partial charge is 0.460 e. The Kier molecular flexibility index (Phi) is 5.99. The molecule has 154 valence electrons. The van der Waals surface area contributed by atoms with Gasteiger partial charge in [-0.15, -0.1) is 0 Å². The Morgan fingerprint density at radius 2 is 1.15 bits per heavy atom. The van der Waals surface area contributed by atoms with Gasteiger partial charge < -0.3 is 5.11 Å². The number of aliphatic carboxylic acids is 1. The highest BCUT2D eigenvalue weighted by Crippen LogP contribution is 2.53. The molecule has 0 aromatic rings. The van der Waals surface area contributed by atoms with Gasteiger partial charge in [-0.25, -0.2) is 9.18 Å². The fourth-order valence-electron chi connectivity index (χ4n) is 0.979. The lowest BCUT2D eigenvalue weighted by molar-refractivity contribution is -0.522. The van der Waals surface area contributed by atoms with Gasteiger partial charge in [0, 0.05) is 0 Å². The number of carboxylic acid groups (broad SMARTS) is 1. The van der Waals surface area contributed by atoms with Gasteiger partial charge in [0.25, 0.3) is 0 Å². The number of carboxylic acids is 1. The summed E-state index contributed by atoms with van der Waals surface area (Å²) >= 11 is 0. The summed E-state index contributed by atoms with van der Waals surface area (Å²) < 4.78 is 168. The molecule has 0 aromatic carbocycles. The standard InChI is InChI=1S/C9H3F13O4/c1-2(10)5(12,13)26-6(14,8(18,19)20)9(21,22)25-4(11,3(23)24)7(15,16)17/h1H2,(H,23,24). The van der Waals surface area contributed by atoms with Crippen molar-refractivity contribution < 1.29 is 76.5 Å². The molecule has 1 N–H and O–H groups in total. The molecule has 0 saturated heterocycles. The topological polar surface area (TPSA) is 55.8 Å². The van der Waals surface area contributed by atoms with Crippen LogP contribution < -0.4 is 0 Å². The van der Waals surface area contributed by atoms with E-state index in [1.807, 2.05) is 4.74 Å². The normalized spacial score (nSPS) is 18.8. The zero-order valence-corrected chi connectivity index (χ0v) is 11.3. The van der Waals surface area contributed by atoms with Crippen molar-refractivity contribution in [3.8, 4) is 0 Å². The van der Waals surface area contributed by atoms with Crippen molar-refractivity contribution in [2.24, 2.45) is 0 Å². The van der Waals surface area contributed by atoms with E-state index in [4.69, 9.17) is 5.11 Å². The van der Waals surface area contributed by atoms with Crippen LogP contribution in [0.3, 0.4) is 0 Å². The van der Waals surface area contributed by atoms with Crippen LogP contribution in [0, 0.1) is 0 Å². The van der Waals surface area contributed by atoms with Gasteiger partial charge in [-0.2, -0.15) is 52.7 Å². The second kappa shape index (κ2) is 6.43. The fourth-order valence-corrected chi connectivity index (χ4v) is 0.979. The van der Waals surface area contributed by atoms with Crippen LogP contribution >= 0.6 is 0 Å². The van der Waals surface area contributed by atoms with Gasteiger partial charge in [-0.1, -0.05) is 6.58 Å². The van der Waals surface area contributed by atoms with E-state index in [-0.39, 0.29) is 0 Å². The molecule has 17 heteroatoms. The molecule has 4 nitrogen and oxygen atoms in total. The minimum Gasteiger partial charge on any atom is -0.477 e. The average Bonchev–Trinajstić information content (AvgIpc) is 2.33. The molecule has 0 rings (SSSR count). The molecule has 0 bridgehead atoms. The zero-order chi connectivity index (χ0) is 21.6. The molecule has 0 aliphatic rings. The Balaban J connectivity index is 6.35. The maximum atomic E-state index is 13.5. The first-order valence-corrected chi connectivity index (χ1v) is 5.30. The zero-order valence-electron chi connectivity index (χ0n) is 11.3. The summed E-state index contributed by atoms with van der Waals surface area (Å²) in [6.07, 6.45) is -28.1. The lowest BCUT2D eigenvalue weighted by Crippen LogP contribution is -2.65. The quantitative estimate of drug-likeness (QED) is 0.625. The minimum atomic E-state index is -7.42. The molecule has 0 saturated carbocycles. The molecule has 26 heavy (non-hydrogen) atoms. The maximum Gasteiger partial charge on any atom is 0.460 e. The van der Waals surface area contributed by atoms with E-state index in [2.05, 4.69) is 0 Å². The summed E-state index contributed by atoms with van der Waals surface area (Å²) in [6.45, 7) is 1.61. The molecular weight excluding hydrogens is 419 g/mol. The number of ether oxygens (including phenoxy) is 2. The van der Waals surface area contributed by atoms with Crippen LogP contribution in [-0.4, -0.2) is 47.4 Å². The van der Waals surface area contributed by atoms with E-state index in [0.29, 0.717) is 0 Å². The van der Waals surface area contributed by atoms with Gasteiger partial charge in [-0.3, -0.25) is 9.47 Å². The van der Waals surface area contributed by atoms with Gasteiger partial charge in [-0.05, 0) is 0 Å². The van der Waals surface area contributed by atoms with E-state index in [0.717, 1.165) is 0 Å². The fraction of sp³-hybridized carbons (Fsp3) is 0.667. The minimum absolute atomic E-state index is 1.61. The average molecular weight is 422 g/mol. The molecule has 2 atom stereocenters. The first kappa shape index (κ1) is 24.2.